The fourth-order valence-electron chi connectivity index (χ4n) is 2.96. The van der Waals surface area contributed by atoms with Crippen molar-refractivity contribution < 1.29 is 14.4 Å². The molecular formula is C18H25N3O3. The number of nitrogens with one attached hydrogen (secondary N) is 2. The van der Waals surface area contributed by atoms with E-state index >= 15 is 0 Å². The van der Waals surface area contributed by atoms with Gasteiger partial charge in [0.15, 0.2) is 0 Å². The number of carbonyl (C=O) groups excluding carboxylic acids is 3. The minimum absolute atomic E-state index is 0.385. The Labute approximate surface area is 142 Å². The normalized spacial score (nSPS) is 14.9. The highest BCUT2D eigenvalue weighted by molar-refractivity contribution is 6.35. The second-order valence-corrected chi connectivity index (χ2v) is 6.11. The molecule has 1 heterocycles. The molecule has 0 radical (unpaired) electrons. The first-order chi connectivity index (χ1) is 11.7. The van der Waals surface area contributed by atoms with Crippen molar-refractivity contribution in [3.05, 3.63) is 35.9 Å². The summed E-state index contributed by atoms with van der Waals surface area (Å²) in [6.07, 6.45) is 4.11. The molecule has 2 N–H and O–H groups in total. The van der Waals surface area contributed by atoms with Crippen molar-refractivity contribution >= 4 is 18.2 Å². The molecule has 1 saturated heterocycles. The lowest BCUT2D eigenvalue weighted by molar-refractivity contribution is -0.146. The maximum Gasteiger partial charge on any atom is 0.311 e. The van der Waals surface area contributed by atoms with Crippen LogP contribution < -0.4 is 10.6 Å². The number of amides is 3. The van der Waals surface area contributed by atoms with E-state index in [0.717, 1.165) is 19.3 Å². The van der Waals surface area contributed by atoms with E-state index in [4.69, 9.17) is 0 Å². The summed E-state index contributed by atoms with van der Waals surface area (Å²) in [4.78, 5) is 35.7. The average Bonchev–Trinajstić information content (AvgIpc) is 2.62. The second kappa shape index (κ2) is 9.70. The fraction of sp³-hybridized carbons (Fsp3) is 0.500. The van der Waals surface area contributed by atoms with Crippen molar-refractivity contribution in [2.75, 3.05) is 26.2 Å². The summed E-state index contributed by atoms with van der Waals surface area (Å²) in [7, 11) is 0. The highest BCUT2D eigenvalue weighted by atomic mass is 16.2. The van der Waals surface area contributed by atoms with Crippen LogP contribution in [-0.2, 0) is 20.8 Å². The molecule has 6 heteroatoms. The Balaban J connectivity index is 1.68. The van der Waals surface area contributed by atoms with Gasteiger partial charge in [0.2, 0.25) is 6.41 Å². The third-order valence-electron chi connectivity index (χ3n) is 4.33. The van der Waals surface area contributed by atoms with E-state index in [-0.39, 0.29) is 0 Å². The lowest BCUT2D eigenvalue weighted by atomic mass is 9.90. The van der Waals surface area contributed by atoms with Gasteiger partial charge >= 0.3 is 11.8 Å². The maximum atomic E-state index is 12.1. The van der Waals surface area contributed by atoms with Crippen LogP contribution in [0.15, 0.2) is 30.3 Å². The van der Waals surface area contributed by atoms with Gasteiger partial charge in [0.25, 0.3) is 0 Å². The molecule has 24 heavy (non-hydrogen) atoms. The smallest absolute Gasteiger partial charge is 0.311 e. The molecule has 0 aliphatic carbocycles. The summed E-state index contributed by atoms with van der Waals surface area (Å²) in [5.74, 6) is -0.437. The van der Waals surface area contributed by atoms with E-state index in [1.807, 2.05) is 18.2 Å². The van der Waals surface area contributed by atoms with Crippen molar-refractivity contribution in [1.82, 2.24) is 15.5 Å². The Hall–Kier alpha value is -2.37. The van der Waals surface area contributed by atoms with Crippen molar-refractivity contribution in [3.8, 4) is 0 Å². The Bertz CT molecular complexity index is 540. The first-order valence-electron chi connectivity index (χ1n) is 8.48. The van der Waals surface area contributed by atoms with Gasteiger partial charge in [0.1, 0.15) is 0 Å². The molecule has 2 rings (SSSR count). The molecule has 6 nitrogen and oxygen atoms in total. The van der Waals surface area contributed by atoms with Gasteiger partial charge in [-0.2, -0.15) is 0 Å². The van der Waals surface area contributed by atoms with E-state index in [1.54, 1.807) is 4.90 Å². The molecule has 1 aliphatic rings. The highest BCUT2D eigenvalue weighted by Gasteiger charge is 2.26. The van der Waals surface area contributed by atoms with Gasteiger partial charge in [-0.1, -0.05) is 30.3 Å². The molecule has 1 aromatic carbocycles. The monoisotopic (exact) mass is 331 g/mol. The number of hydrogen-bond acceptors (Lipinski definition) is 3. The Morgan fingerprint density at radius 1 is 1.12 bits per heavy atom. The summed E-state index contributed by atoms with van der Waals surface area (Å²) in [5.41, 5.74) is 1.32. The van der Waals surface area contributed by atoms with Crippen LogP contribution in [0.2, 0.25) is 0 Å². The van der Waals surface area contributed by atoms with Gasteiger partial charge in [-0.15, -0.1) is 0 Å². The van der Waals surface area contributed by atoms with Gasteiger partial charge in [-0.05, 0) is 37.2 Å². The number of rotatable bonds is 7. The zero-order valence-corrected chi connectivity index (χ0v) is 13.9. The van der Waals surface area contributed by atoms with Crippen LogP contribution in [0.3, 0.4) is 0 Å². The molecule has 1 aliphatic heterocycles. The number of piperidine rings is 1. The number of hydrogen-bond donors (Lipinski definition) is 2. The number of likely N-dealkylation sites (tertiary alicyclic amines) is 1. The zero-order valence-electron chi connectivity index (χ0n) is 13.9. The van der Waals surface area contributed by atoms with Gasteiger partial charge in [0, 0.05) is 26.2 Å². The maximum absolute atomic E-state index is 12.1. The van der Waals surface area contributed by atoms with Crippen molar-refractivity contribution in [3.63, 3.8) is 0 Å². The Kier molecular flexibility index (Phi) is 7.26. The second-order valence-electron chi connectivity index (χ2n) is 6.11. The summed E-state index contributed by atoms with van der Waals surface area (Å²) in [5, 5.41) is 5.12. The molecule has 0 aromatic heterocycles. The Morgan fingerprint density at radius 2 is 1.83 bits per heavy atom. The van der Waals surface area contributed by atoms with Crippen LogP contribution in [-0.4, -0.2) is 49.3 Å². The van der Waals surface area contributed by atoms with E-state index < -0.39 is 11.8 Å². The molecular weight excluding hydrogens is 306 g/mol. The predicted molar refractivity (Wildman–Crippen MR) is 91.1 cm³/mol. The molecule has 0 unspecified atom stereocenters. The topological polar surface area (TPSA) is 78.5 Å². The zero-order chi connectivity index (χ0) is 17.2. The van der Waals surface area contributed by atoms with E-state index in [0.29, 0.717) is 44.9 Å². The van der Waals surface area contributed by atoms with E-state index in [1.165, 1.54) is 5.56 Å². The number of nitrogens with zero attached hydrogens (tertiary/aromatic N) is 1. The highest BCUT2D eigenvalue weighted by Crippen LogP contribution is 2.21. The van der Waals surface area contributed by atoms with Crippen molar-refractivity contribution in [2.24, 2.45) is 5.92 Å². The minimum atomic E-state index is -0.553. The summed E-state index contributed by atoms with van der Waals surface area (Å²) in [6.45, 7) is 2.14. The molecule has 0 bridgehead atoms. The third kappa shape index (κ3) is 5.68. The minimum Gasteiger partial charge on any atom is -0.359 e. The fourth-order valence-corrected chi connectivity index (χ4v) is 2.96. The van der Waals surface area contributed by atoms with Crippen molar-refractivity contribution in [1.29, 1.82) is 0 Å². The van der Waals surface area contributed by atoms with Crippen LogP contribution >= 0.6 is 0 Å². The largest absolute Gasteiger partial charge is 0.359 e. The standard InChI is InChI=1S/C18H25N3O3/c22-14-19-9-4-10-20-17(23)18(24)21-11-7-16(8-12-21)13-15-5-2-1-3-6-15/h1-3,5-6,14,16H,4,7-13H2,(H,19,22)(H,20,23). The third-order valence-corrected chi connectivity index (χ3v) is 4.33. The predicted octanol–water partition coefficient (Wildman–Crippen LogP) is 0.720. The first-order valence-corrected chi connectivity index (χ1v) is 8.48. The molecule has 0 spiro atoms. The quantitative estimate of drug-likeness (QED) is 0.439. The Morgan fingerprint density at radius 3 is 2.50 bits per heavy atom. The van der Waals surface area contributed by atoms with Crippen LogP contribution in [0.1, 0.15) is 24.8 Å². The summed E-state index contributed by atoms with van der Waals surface area (Å²) < 4.78 is 0. The number of carbonyl (C=O) groups is 3. The van der Waals surface area contributed by atoms with Gasteiger partial charge in [0.05, 0.1) is 0 Å². The lowest BCUT2D eigenvalue weighted by Gasteiger charge is -2.31. The molecule has 1 fully saturated rings. The average molecular weight is 331 g/mol. The molecule has 0 atom stereocenters. The van der Waals surface area contributed by atoms with Gasteiger partial charge < -0.3 is 15.5 Å². The van der Waals surface area contributed by atoms with E-state index in [9.17, 15) is 14.4 Å². The molecule has 0 saturated carbocycles. The van der Waals surface area contributed by atoms with Crippen LogP contribution in [0.25, 0.3) is 0 Å². The van der Waals surface area contributed by atoms with Gasteiger partial charge in [-0.25, -0.2) is 0 Å². The summed E-state index contributed by atoms with van der Waals surface area (Å²) >= 11 is 0. The summed E-state index contributed by atoms with van der Waals surface area (Å²) in [6, 6.07) is 10.4. The van der Waals surface area contributed by atoms with Crippen molar-refractivity contribution in [2.45, 2.75) is 25.7 Å². The first kappa shape index (κ1) is 18.0. The van der Waals surface area contributed by atoms with Gasteiger partial charge in [-0.3, -0.25) is 14.4 Å². The van der Waals surface area contributed by atoms with Crippen LogP contribution in [0.4, 0.5) is 0 Å². The molecule has 130 valence electrons. The van der Waals surface area contributed by atoms with Crippen LogP contribution in [0, 0.1) is 5.92 Å². The van der Waals surface area contributed by atoms with E-state index in [2.05, 4.69) is 22.8 Å². The number of benzene rings is 1. The molecule has 1 aromatic rings. The lowest BCUT2D eigenvalue weighted by Crippen LogP contribution is -2.47. The SMILES string of the molecule is O=CNCCCNC(=O)C(=O)N1CCC(Cc2ccccc2)CC1. The molecule has 3 amide bonds. The van der Waals surface area contributed by atoms with Crippen LogP contribution in [0.5, 0.6) is 0 Å².